The number of aromatic hydroxyl groups is 1. The zero-order valence-electron chi connectivity index (χ0n) is 32.4. The van der Waals surface area contributed by atoms with Crippen molar-refractivity contribution >= 4 is 22.8 Å². The van der Waals surface area contributed by atoms with Gasteiger partial charge >= 0.3 is 5.97 Å². The second-order valence-corrected chi connectivity index (χ2v) is 15.8. The Bertz CT molecular complexity index is 2290. The van der Waals surface area contributed by atoms with Gasteiger partial charge in [0.15, 0.2) is 0 Å². The standard InChI is InChI=1S/C46H50N4O8/c51-39-17-15-36(37-16-18-41(53)48-42(37)39)40(52)26-47-21-4-5-24-57-35-10-6-7-30(25-35)28-58-34-13-11-32(12-14-34)44(54)50-29-46(45(55)56,33-8-2-1-3-9-33)43(50)38-27-49-22-19-31(38)20-23-49/h1-3,6-18,25,31,38,40,43,47,51-52H,4-5,19-24,26-29H2,(H,48,53)(H,55,56). The maximum atomic E-state index is 14.1. The van der Waals surface area contributed by atoms with E-state index in [1.54, 1.807) is 36.4 Å². The van der Waals surface area contributed by atoms with Crippen molar-refractivity contribution in [1.29, 1.82) is 0 Å². The number of likely N-dealkylation sites (tertiary alicyclic amines) is 1. The normalized spacial score (nSPS) is 22.9. The summed E-state index contributed by atoms with van der Waals surface area (Å²) in [4.78, 5) is 45.7. The predicted octanol–water partition coefficient (Wildman–Crippen LogP) is 5.48. The van der Waals surface area contributed by atoms with E-state index in [9.17, 15) is 29.7 Å². The van der Waals surface area contributed by atoms with Crippen molar-refractivity contribution in [2.24, 2.45) is 11.8 Å². The number of aliphatic carboxylic acids is 1. The lowest BCUT2D eigenvalue weighted by atomic mass is 9.58. The first-order valence-electron chi connectivity index (χ1n) is 20.2. The molecule has 1 aromatic heterocycles. The number of piperidine rings is 3. The van der Waals surface area contributed by atoms with Crippen molar-refractivity contribution in [2.75, 3.05) is 45.9 Å². The number of hydrogen-bond acceptors (Lipinski definition) is 9. The number of aromatic amines is 1. The second kappa shape index (κ2) is 17.0. The van der Waals surface area contributed by atoms with Gasteiger partial charge in [-0.15, -0.1) is 0 Å². The van der Waals surface area contributed by atoms with Crippen LogP contribution >= 0.6 is 0 Å². The number of carboxylic acid groups (broad SMARTS) is 1. The molecule has 5 N–H and O–H groups in total. The summed E-state index contributed by atoms with van der Waals surface area (Å²) >= 11 is 0. The summed E-state index contributed by atoms with van der Waals surface area (Å²) in [5.74, 6) is 0.796. The fourth-order valence-corrected chi connectivity index (χ4v) is 9.28. The van der Waals surface area contributed by atoms with Gasteiger partial charge in [-0.25, -0.2) is 0 Å². The molecule has 5 aromatic rings. The van der Waals surface area contributed by atoms with Gasteiger partial charge in [0, 0.05) is 36.7 Å². The molecule has 58 heavy (non-hydrogen) atoms. The van der Waals surface area contributed by atoms with Crippen molar-refractivity contribution < 1.29 is 34.4 Å². The maximum absolute atomic E-state index is 14.1. The Morgan fingerprint density at radius 1 is 0.897 bits per heavy atom. The average molecular weight is 787 g/mol. The minimum atomic E-state index is -1.14. The summed E-state index contributed by atoms with van der Waals surface area (Å²) in [7, 11) is 0. The van der Waals surface area contributed by atoms with E-state index in [2.05, 4.69) is 15.2 Å². The fraction of sp³-hybridized carbons (Fsp3) is 0.370. The Labute approximate surface area is 337 Å². The highest BCUT2D eigenvalue weighted by molar-refractivity contribution is 5.98. The number of aliphatic hydroxyl groups is 1. The molecular weight excluding hydrogens is 737 g/mol. The van der Waals surface area contributed by atoms with Crippen molar-refractivity contribution in [3.63, 3.8) is 0 Å². The molecule has 4 atom stereocenters. The first kappa shape index (κ1) is 39.2. The molecule has 0 spiro atoms. The number of hydrogen-bond donors (Lipinski definition) is 5. The van der Waals surface area contributed by atoms with Gasteiger partial charge in [-0.05, 0) is 122 Å². The van der Waals surface area contributed by atoms with Crippen LogP contribution in [0.3, 0.4) is 0 Å². The third kappa shape index (κ3) is 7.92. The van der Waals surface area contributed by atoms with Crippen LogP contribution in [0, 0.1) is 11.8 Å². The molecule has 12 heteroatoms. The van der Waals surface area contributed by atoms with Crippen LogP contribution in [0.5, 0.6) is 17.2 Å². The van der Waals surface area contributed by atoms with E-state index in [1.807, 2.05) is 59.5 Å². The molecule has 4 saturated heterocycles. The van der Waals surface area contributed by atoms with E-state index < -0.39 is 23.5 Å². The Morgan fingerprint density at radius 3 is 2.43 bits per heavy atom. The largest absolute Gasteiger partial charge is 0.506 e. The lowest BCUT2D eigenvalue weighted by molar-refractivity contribution is -0.162. The monoisotopic (exact) mass is 786 g/mol. The highest BCUT2D eigenvalue weighted by Crippen LogP contribution is 2.50. The van der Waals surface area contributed by atoms with Gasteiger partial charge in [-0.2, -0.15) is 0 Å². The molecule has 0 saturated carbocycles. The Morgan fingerprint density at radius 2 is 1.69 bits per heavy atom. The third-order valence-electron chi connectivity index (χ3n) is 12.3. The van der Waals surface area contributed by atoms with Crippen LogP contribution in [0.4, 0.5) is 0 Å². The fourth-order valence-electron chi connectivity index (χ4n) is 9.28. The van der Waals surface area contributed by atoms with E-state index in [4.69, 9.17) is 9.47 Å². The summed E-state index contributed by atoms with van der Waals surface area (Å²) in [5, 5.41) is 35.5. The van der Waals surface area contributed by atoms with Crippen molar-refractivity contribution in [3.8, 4) is 17.2 Å². The van der Waals surface area contributed by atoms with Crippen LogP contribution in [0.25, 0.3) is 10.9 Å². The first-order valence-corrected chi connectivity index (χ1v) is 20.2. The lowest BCUT2D eigenvalue weighted by Gasteiger charge is -2.61. The number of carbonyl (C=O) groups excluding carboxylic acids is 1. The van der Waals surface area contributed by atoms with Gasteiger partial charge in [0.1, 0.15) is 29.3 Å². The van der Waals surface area contributed by atoms with Gasteiger partial charge in [-0.3, -0.25) is 14.4 Å². The van der Waals surface area contributed by atoms with Crippen molar-refractivity contribution in [2.45, 2.75) is 49.9 Å². The molecule has 5 heterocycles. The molecule has 9 rings (SSSR count). The number of pyridine rings is 1. The van der Waals surface area contributed by atoms with Gasteiger partial charge in [0.25, 0.3) is 5.91 Å². The van der Waals surface area contributed by atoms with Gasteiger partial charge in [-0.1, -0.05) is 48.5 Å². The third-order valence-corrected chi connectivity index (χ3v) is 12.3. The number of benzene rings is 4. The Balaban J connectivity index is 0.809. The Kier molecular flexibility index (Phi) is 11.5. The quantitative estimate of drug-likeness (QED) is 0.0810. The van der Waals surface area contributed by atoms with E-state index >= 15 is 0 Å². The van der Waals surface area contributed by atoms with E-state index in [0.717, 1.165) is 62.2 Å². The average Bonchev–Trinajstić information content (AvgIpc) is 3.23. The maximum Gasteiger partial charge on any atom is 0.318 e. The summed E-state index contributed by atoms with van der Waals surface area (Å²) in [6.45, 7) is 4.87. The SMILES string of the molecule is O=C(c1ccc(OCc2cccc(OCCCCNCC(O)c3ccc(O)c4[nH]c(=O)ccc34)c2)cc1)N1CC(C(=O)O)(c2ccccc2)C1C1CN2CCC1CC2. The first-order chi connectivity index (χ1) is 28.2. The summed E-state index contributed by atoms with van der Waals surface area (Å²) in [6.07, 6.45) is 2.90. The number of carbonyl (C=O) groups is 2. The molecule has 4 aromatic carbocycles. The summed E-state index contributed by atoms with van der Waals surface area (Å²) in [5.41, 5.74) is 1.69. The van der Waals surface area contributed by atoms with Crippen LogP contribution in [-0.2, 0) is 16.8 Å². The van der Waals surface area contributed by atoms with Crippen LogP contribution in [0.1, 0.15) is 58.8 Å². The minimum absolute atomic E-state index is 0.0399. The number of nitrogens with zero attached hydrogens (tertiary/aromatic N) is 2. The van der Waals surface area contributed by atoms with Crippen LogP contribution in [0.2, 0.25) is 0 Å². The molecule has 2 bridgehead atoms. The number of H-pyrrole nitrogens is 1. The summed E-state index contributed by atoms with van der Waals surface area (Å²) in [6, 6.07) is 30.0. The number of carboxylic acids is 1. The molecule has 1 amide bonds. The molecule has 4 unspecified atom stereocenters. The van der Waals surface area contributed by atoms with E-state index in [0.29, 0.717) is 60.0 Å². The number of amides is 1. The van der Waals surface area contributed by atoms with Gasteiger partial charge < -0.3 is 44.9 Å². The molecule has 4 fully saturated rings. The number of rotatable bonds is 16. The smallest absolute Gasteiger partial charge is 0.318 e. The number of aliphatic hydroxyl groups excluding tert-OH is 1. The van der Waals surface area contributed by atoms with E-state index in [1.165, 1.54) is 12.1 Å². The van der Waals surface area contributed by atoms with Crippen LogP contribution in [-0.4, -0.2) is 93.9 Å². The molecule has 4 aliphatic heterocycles. The molecule has 302 valence electrons. The van der Waals surface area contributed by atoms with Crippen molar-refractivity contribution in [1.82, 2.24) is 20.1 Å². The van der Waals surface area contributed by atoms with Crippen molar-refractivity contribution in [3.05, 3.63) is 136 Å². The number of unbranched alkanes of at least 4 members (excludes halogenated alkanes) is 1. The summed E-state index contributed by atoms with van der Waals surface area (Å²) < 4.78 is 12.1. The minimum Gasteiger partial charge on any atom is -0.506 e. The highest BCUT2D eigenvalue weighted by Gasteiger charge is 2.64. The van der Waals surface area contributed by atoms with Crippen LogP contribution < -0.4 is 20.3 Å². The number of phenols is 1. The highest BCUT2D eigenvalue weighted by atomic mass is 16.5. The number of ether oxygens (including phenoxy) is 2. The van der Waals surface area contributed by atoms with Crippen LogP contribution in [0.15, 0.2) is 108 Å². The van der Waals surface area contributed by atoms with Gasteiger partial charge in [0.05, 0.1) is 24.3 Å². The molecule has 0 radical (unpaired) electrons. The molecule has 12 nitrogen and oxygen atoms in total. The number of phenolic OH excluding ortho intramolecular Hbond substituents is 1. The van der Waals surface area contributed by atoms with E-state index in [-0.39, 0.29) is 29.7 Å². The number of aromatic nitrogens is 1. The zero-order valence-corrected chi connectivity index (χ0v) is 32.4. The zero-order chi connectivity index (χ0) is 40.2. The predicted molar refractivity (Wildman–Crippen MR) is 219 cm³/mol. The lowest BCUT2D eigenvalue weighted by Crippen LogP contribution is -2.76. The number of nitrogens with one attached hydrogen (secondary N) is 2. The molecule has 0 aliphatic carbocycles. The number of fused-ring (bicyclic) bond motifs is 4. The topological polar surface area (TPSA) is 165 Å². The Hall–Kier alpha value is -5.69. The van der Waals surface area contributed by atoms with Gasteiger partial charge in [0.2, 0.25) is 5.56 Å². The molecular formula is C46H50N4O8. The second-order valence-electron chi connectivity index (χ2n) is 15.8. The molecule has 4 aliphatic rings.